The van der Waals surface area contributed by atoms with Gasteiger partial charge in [0.2, 0.25) is 0 Å². The van der Waals surface area contributed by atoms with Crippen LogP contribution in [0.5, 0.6) is 5.75 Å². The number of hydrogen-bond donors (Lipinski definition) is 3. The van der Waals surface area contributed by atoms with E-state index in [0.717, 1.165) is 0 Å². The zero-order valence-electron chi connectivity index (χ0n) is 15.1. The summed E-state index contributed by atoms with van der Waals surface area (Å²) < 4.78 is 21.9. The Morgan fingerprint density at radius 3 is 2.50 bits per heavy atom. The Hall–Kier alpha value is -3.81. The number of phenolic OH excluding ortho intramolecular Hbond substituents is 1. The van der Waals surface area contributed by atoms with Gasteiger partial charge in [-0.2, -0.15) is 0 Å². The van der Waals surface area contributed by atoms with E-state index >= 15 is 0 Å². The predicted molar refractivity (Wildman–Crippen MR) is 102 cm³/mol. The van der Waals surface area contributed by atoms with Gasteiger partial charge >= 0.3 is 0 Å². The molecule has 0 unspecified atom stereocenters. The molecule has 4 N–H and O–H groups in total. The first-order chi connectivity index (χ1) is 13.4. The molecule has 28 heavy (non-hydrogen) atoms. The van der Waals surface area contributed by atoms with Crippen LogP contribution in [0.3, 0.4) is 0 Å². The summed E-state index contributed by atoms with van der Waals surface area (Å²) in [6.07, 6.45) is 0. The number of para-hydroxylation sites is 1. The highest BCUT2D eigenvalue weighted by Gasteiger charge is 2.28. The highest BCUT2D eigenvalue weighted by molar-refractivity contribution is 6.15. The van der Waals surface area contributed by atoms with E-state index in [-0.39, 0.29) is 17.1 Å². The van der Waals surface area contributed by atoms with E-state index in [9.17, 15) is 14.7 Å². The fourth-order valence-corrected chi connectivity index (χ4v) is 3.52. The predicted octanol–water partition coefficient (Wildman–Crippen LogP) is 3.84. The van der Waals surface area contributed by atoms with Crippen LogP contribution in [0.25, 0.3) is 27.8 Å². The van der Waals surface area contributed by atoms with Gasteiger partial charge in [0.05, 0.1) is 28.0 Å². The summed E-state index contributed by atoms with van der Waals surface area (Å²) >= 11 is 0. The molecule has 0 aliphatic heterocycles. The Morgan fingerprint density at radius 2 is 1.89 bits per heavy atom. The number of aromatic nitrogens is 2. The minimum Gasteiger partial charge on any atom is -0.508 e. The molecular formula is C20H17FN4O3. The van der Waals surface area contributed by atoms with E-state index in [0.29, 0.717) is 39.3 Å². The average Bonchev–Trinajstić information content (AvgIpc) is 3.19. The molecule has 2 heterocycles. The number of nitrogens with zero attached hydrogens (tertiary/aromatic N) is 3. The van der Waals surface area contributed by atoms with Gasteiger partial charge in [0.25, 0.3) is 0 Å². The van der Waals surface area contributed by atoms with Gasteiger partial charge in [-0.05, 0) is 44.2 Å². The summed E-state index contributed by atoms with van der Waals surface area (Å²) in [4.78, 5) is 0. The number of halogens is 1. The van der Waals surface area contributed by atoms with E-state index in [4.69, 9.17) is 10.3 Å². The molecule has 7 nitrogen and oxygen atoms in total. The fraction of sp³-hybridized carbons (Fsp3) is 0.100. The average molecular weight is 380 g/mol. The lowest BCUT2D eigenvalue weighted by atomic mass is 10.0. The van der Waals surface area contributed by atoms with Crippen molar-refractivity contribution in [3.8, 4) is 22.7 Å². The van der Waals surface area contributed by atoms with Crippen molar-refractivity contribution in [1.29, 1.82) is 0 Å². The zero-order chi connectivity index (χ0) is 20.0. The van der Waals surface area contributed by atoms with Crippen molar-refractivity contribution in [3.05, 3.63) is 65.3 Å². The standard InChI is InChI=1S/C20H17FN4O3/c1-10-16(11(2)28-24-10)19-17(20(22)23-27)14-4-3-5-15(21)18(14)25(19)12-6-8-13(26)9-7-12/h3-9,26-27H,1-2H3,(H2,22,23). The molecule has 4 rings (SSSR count). The van der Waals surface area contributed by atoms with Gasteiger partial charge in [-0.15, -0.1) is 0 Å². The third-order valence-corrected chi connectivity index (χ3v) is 4.68. The minimum absolute atomic E-state index is 0.0798. The molecule has 0 radical (unpaired) electrons. The third kappa shape index (κ3) is 2.50. The number of benzene rings is 2. The van der Waals surface area contributed by atoms with Gasteiger partial charge in [0.15, 0.2) is 5.84 Å². The number of nitrogens with two attached hydrogens (primary N) is 1. The number of aryl methyl sites for hydroxylation is 2. The van der Waals surface area contributed by atoms with Crippen LogP contribution >= 0.6 is 0 Å². The molecule has 0 bridgehead atoms. The van der Waals surface area contributed by atoms with Crippen molar-refractivity contribution in [3.63, 3.8) is 0 Å². The highest BCUT2D eigenvalue weighted by Crippen LogP contribution is 2.40. The number of amidine groups is 1. The lowest BCUT2D eigenvalue weighted by Crippen LogP contribution is -2.14. The normalized spacial score (nSPS) is 12.0. The second-order valence-electron chi connectivity index (χ2n) is 6.40. The maximum absolute atomic E-state index is 15.0. The fourth-order valence-electron chi connectivity index (χ4n) is 3.52. The monoisotopic (exact) mass is 380 g/mol. The Balaban J connectivity index is 2.27. The van der Waals surface area contributed by atoms with Crippen LogP contribution in [0.4, 0.5) is 4.39 Å². The minimum atomic E-state index is -0.476. The van der Waals surface area contributed by atoms with Gasteiger partial charge in [0.1, 0.15) is 17.3 Å². The molecule has 0 saturated carbocycles. The number of oxime groups is 1. The van der Waals surface area contributed by atoms with Crippen molar-refractivity contribution in [1.82, 2.24) is 9.72 Å². The summed E-state index contributed by atoms with van der Waals surface area (Å²) in [6, 6.07) is 10.9. The van der Waals surface area contributed by atoms with E-state index in [2.05, 4.69) is 10.3 Å². The number of hydrogen-bond acceptors (Lipinski definition) is 5. The first kappa shape index (κ1) is 17.6. The quantitative estimate of drug-likeness (QED) is 0.216. The molecule has 0 saturated heterocycles. The molecule has 0 spiro atoms. The molecule has 0 amide bonds. The second-order valence-corrected chi connectivity index (χ2v) is 6.40. The molecule has 0 aliphatic rings. The summed E-state index contributed by atoms with van der Waals surface area (Å²) in [7, 11) is 0. The van der Waals surface area contributed by atoms with Crippen LogP contribution in [0.1, 0.15) is 17.0 Å². The molecule has 142 valence electrons. The molecular weight excluding hydrogens is 363 g/mol. The second kappa shape index (κ2) is 6.41. The van der Waals surface area contributed by atoms with Crippen LogP contribution < -0.4 is 5.73 Å². The van der Waals surface area contributed by atoms with Crippen molar-refractivity contribution in [2.24, 2.45) is 10.9 Å². The van der Waals surface area contributed by atoms with Crippen molar-refractivity contribution >= 4 is 16.7 Å². The maximum Gasteiger partial charge on any atom is 0.172 e. The van der Waals surface area contributed by atoms with Crippen LogP contribution in [0.15, 0.2) is 52.1 Å². The SMILES string of the molecule is Cc1noc(C)c1-c1c(/C(N)=N/O)c2cccc(F)c2n1-c1ccc(O)cc1. The molecule has 0 atom stereocenters. The molecule has 0 aliphatic carbocycles. The van der Waals surface area contributed by atoms with Crippen LogP contribution in [0.2, 0.25) is 0 Å². The maximum atomic E-state index is 15.0. The number of fused-ring (bicyclic) bond motifs is 1. The zero-order valence-corrected chi connectivity index (χ0v) is 15.1. The molecule has 4 aromatic rings. The van der Waals surface area contributed by atoms with Crippen molar-refractivity contribution < 1.29 is 19.2 Å². The van der Waals surface area contributed by atoms with E-state index in [1.165, 1.54) is 18.2 Å². The summed E-state index contributed by atoms with van der Waals surface area (Å²) in [6.45, 7) is 3.50. The number of phenols is 1. The Morgan fingerprint density at radius 1 is 1.18 bits per heavy atom. The Kier molecular flexibility index (Phi) is 4.03. The van der Waals surface area contributed by atoms with Gasteiger partial charge in [-0.3, -0.25) is 0 Å². The summed E-state index contributed by atoms with van der Waals surface area (Å²) in [5, 5.41) is 26.7. The lowest BCUT2D eigenvalue weighted by Gasteiger charge is -2.12. The first-order valence-electron chi connectivity index (χ1n) is 8.47. The van der Waals surface area contributed by atoms with Crippen molar-refractivity contribution in [2.75, 3.05) is 0 Å². The number of aromatic hydroxyl groups is 1. The van der Waals surface area contributed by atoms with E-state index < -0.39 is 5.82 Å². The van der Waals surface area contributed by atoms with E-state index in [1.807, 2.05) is 0 Å². The van der Waals surface area contributed by atoms with Crippen molar-refractivity contribution in [2.45, 2.75) is 13.8 Å². The molecule has 2 aromatic heterocycles. The van der Waals surface area contributed by atoms with Gasteiger partial charge in [0, 0.05) is 11.1 Å². The summed E-state index contributed by atoms with van der Waals surface area (Å²) in [5.41, 5.74) is 8.88. The highest BCUT2D eigenvalue weighted by atomic mass is 19.1. The van der Waals surface area contributed by atoms with Crippen LogP contribution in [-0.2, 0) is 0 Å². The molecule has 0 fully saturated rings. The Bertz CT molecular complexity index is 1200. The van der Waals surface area contributed by atoms with Gasteiger partial charge in [-0.25, -0.2) is 4.39 Å². The smallest absolute Gasteiger partial charge is 0.172 e. The topological polar surface area (TPSA) is 110 Å². The lowest BCUT2D eigenvalue weighted by molar-refractivity contribution is 0.318. The van der Waals surface area contributed by atoms with Crippen LogP contribution in [0, 0.1) is 19.7 Å². The van der Waals surface area contributed by atoms with Gasteiger partial charge in [-0.1, -0.05) is 22.4 Å². The van der Waals surface area contributed by atoms with Gasteiger partial charge < -0.3 is 25.1 Å². The number of rotatable bonds is 3. The molecule has 2 aromatic carbocycles. The van der Waals surface area contributed by atoms with E-state index in [1.54, 1.807) is 42.7 Å². The third-order valence-electron chi connectivity index (χ3n) is 4.68. The van der Waals surface area contributed by atoms with Crippen LogP contribution in [-0.4, -0.2) is 25.9 Å². The molecule has 8 heteroatoms. The summed E-state index contributed by atoms with van der Waals surface area (Å²) in [5.74, 6) is -0.0531. The first-order valence-corrected chi connectivity index (χ1v) is 8.47. The Labute approximate surface area is 159 Å². The largest absolute Gasteiger partial charge is 0.508 e.